The zero-order valence-electron chi connectivity index (χ0n) is 25.0. The van der Waals surface area contributed by atoms with Gasteiger partial charge in [-0.25, -0.2) is 9.78 Å². The Labute approximate surface area is 252 Å². The number of rotatable bonds is 10. The first-order chi connectivity index (χ1) is 21.0. The maximum absolute atomic E-state index is 13.4. The summed E-state index contributed by atoms with van der Waals surface area (Å²) in [4.78, 5) is 20.6. The zero-order valence-corrected chi connectivity index (χ0v) is 25.0. The van der Waals surface area contributed by atoms with Crippen molar-refractivity contribution >= 4 is 16.9 Å². The third-order valence-electron chi connectivity index (χ3n) is 8.01. The molecule has 6 rings (SSSR count). The number of benzene rings is 3. The van der Waals surface area contributed by atoms with Crippen molar-refractivity contribution in [3.05, 3.63) is 113 Å². The number of pyridine rings is 1. The van der Waals surface area contributed by atoms with Gasteiger partial charge in [-0.3, -0.25) is 0 Å². The van der Waals surface area contributed by atoms with Crippen molar-refractivity contribution in [2.45, 2.75) is 39.0 Å². The van der Waals surface area contributed by atoms with Crippen molar-refractivity contribution in [3.63, 3.8) is 0 Å². The summed E-state index contributed by atoms with van der Waals surface area (Å²) >= 11 is 0. The fraction of sp³-hybridized carbons (Fsp3) is 0.278. The Balaban J connectivity index is 1.50. The fourth-order valence-electron chi connectivity index (χ4n) is 5.81. The van der Waals surface area contributed by atoms with E-state index in [2.05, 4.69) is 48.0 Å². The Morgan fingerprint density at radius 2 is 1.53 bits per heavy atom. The molecule has 7 heteroatoms. The molecule has 0 unspecified atom stereocenters. The average Bonchev–Trinajstić information content (AvgIpc) is 3.36. The quantitative estimate of drug-likeness (QED) is 0.173. The smallest absolute Gasteiger partial charge is 0.347 e. The van der Waals surface area contributed by atoms with Crippen LogP contribution >= 0.6 is 0 Å². The number of nitrogens with zero attached hydrogens (tertiary/aromatic N) is 3. The Kier molecular flexibility index (Phi) is 8.43. The van der Waals surface area contributed by atoms with E-state index in [4.69, 9.17) is 19.2 Å². The molecule has 0 atom stereocenters. The molecule has 0 N–H and O–H groups in total. The van der Waals surface area contributed by atoms with Crippen LogP contribution < -0.4 is 9.47 Å². The molecule has 0 bridgehead atoms. The molecular weight excluding hydrogens is 538 g/mol. The summed E-state index contributed by atoms with van der Waals surface area (Å²) in [6.45, 7) is 2.45. The number of ether oxygens (including phenoxy) is 3. The summed E-state index contributed by atoms with van der Waals surface area (Å²) in [5.41, 5.74) is 7.46. The van der Waals surface area contributed by atoms with Crippen LogP contribution in [-0.4, -0.2) is 48.2 Å². The standard InChI is InChI=1S/C36H37N3O4/c1-38(2)21-22-39-20-19-28-27-15-10-16-30-33(29(27)17-18-31(28)39)37-35(43-24-26-13-8-5-9-14-26)32(36(40)41-3)34(30)42-23-25-11-6-4-7-12-25/h4-9,11-14,17-20H,10,15-16,21-24H2,1-3H3. The first-order valence-corrected chi connectivity index (χ1v) is 14.8. The molecule has 2 heterocycles. The van der Waals surface area contributed by atoms with Crippen molar-refractivity contribution in [1.82, 2.24) is 14.5 Å². The molecule has 0 fully saturated rings. The van der Waals surface area contributed by atoms with Crippen LogP contribution in [0.3, 0.4) is 0 Å². The molecule has 0 spiro atoms. The second-order valence-electron chi connectivity index (χ2n) is 11.2. The molecule has 3 aromatic carbocycles. The van der Waals surface area contributed by atoms with Gasteiger partial charge in [-0.2, -0.15) is 0 Å². The molecule has 0 saturated heterocycles. The van der Waals surface area contributed by atoms with Gasteiger partial charge in [0.2, 0.25) is 5.88 Å². The number of hydrogen-bond acceptors (Lipinski definition) is 6. The lowest BCUT2D eigenvalue weighted by molar-refractivity contribution is 0.0588. The van der Waals surface area contributed by atoms with Gasteiger partial charge in [0.05, 0.1) is 12.8 Å². The molecule has 0 aliphatic heterocycles. The number of carbonyl (C=O) groups excluding carboxylic acids is 1. The monoisotopic (exact) mass is 575 g/mol. The van der Waals surface area contributed by atoms with Crippen LogP contribution in [0.15, 0.2) is 85.1 Å². The van der Waals surface area contributed by atoms with Gasteiger partial charge in [-0.15, -0.1) is 0 Å². The lowest BCUT2D eigenvalue weighted by Gasteiger charge is -2.20. The van der Waals surface area contributed by atoms with E-state index >= 15 is 0 Å². The second-order valence-corrected chi connectivity index (χ2v) is 11.2. The highest BCUT2D eigenvalue weighted by Crippen LogP contribution is 2.44. The molecule has 5 aromatic rings. The number of fused-ring (bicyclic) bond motifs is 5. The predicted octanol–water partition coefficient (Wildman–Crippen LogP) is 6.70. The number of aryl methyl sites for hydroxylation is 1. The number of aromatic nitrogens is 2. The van der Waals surface area contributed by atoms with Gasteiger partial charge in [0, 0.05) is 41.3 Å². The van der Waals surface area contributed by atoms with Crippen molar-refractivity contribution in [3.8, 4) is 22.9 Å². The van der Waals surface area contributed by atoms with Crippen molar-refractivity contribution < 1.29 is 19.0 Å². The summed E-state index contributed by atoms with van der Waals surface area (Å²) in [7, 11) is 5.57. The van der Waals surface area contributed by atoms with E-state index in [-0.39, 0.29) is 18.1 Å². The molecule has 0 radical (unpaired) electrons. The topological polar surface area (TPSA) is 65.8 Å². The average molecular weight is 576 g/mol. The van der Waals surface area contributed by atoms with Crippen molar-refractivity contribution in [2.24, 2.45) is 0 Å². The summed E-state index contributed by atoms with van der Waals surface area (Å²) in [5, 5.41) is 1.24. The van der Waals surface area contributed by atoms with Gasteiger partial charge in [0.15, 0.2) is 5.56 Å². The van der Waals surface area contributed by atoms with Crippen LogP contribution in [0.4, 0.5) is 0 Å². The summed E-state index contributed by atoms with van der Waals surface area (Å²) < 4.78 is 20.4. The Bertz CT molecular complexity index is 1730. The van der Waals surface area contributed by atoms with Crippen LogP contribution in [0.2, 0.25) is 0 Å². The van der Waals surface area contributed by atoms with E-state index in [0.717, 1.165) is 53.9 Å². The normalized spacial score (nSPS) is 12.5. The van der Waals surface area contributed by atoms with Gasteiger partial charge in [-0.05, 0) is 62.2 Å². The van der Waals surface area contributed by atoms with E-state index in [1.165, 1.54) is 23.6 Å². The van der Waals surface area contributed by atoms with Crippen molar-refractivity contribution in [2.75, 3.05) is 27.7 Å². The molecule has 220 valence electrons. The maximum Gasteiger partial charge on any atom is 0.347 e. The van der Waals surface area contributed by atoms with E-state index in [0.29, 0.717) is 18.8 Å². The third kappa shape index (κ3) is 5.99. The van der Waals surface area contributed by atoms with Crippen LogP contribution in [0.25, 0.3) is 22.2 Å². The SMILES string of the molecule is COC(=O)c1c(OCc2ccccc2)nc2c(c1OCc1ccccc1)CCCc1c-2ccc2c1ccn2CCN(C)C. The first-order valence-electron chi connectivity index (χ1n) is 14.8. The second kappa shape index (κ2) is 12.7. The van der Waals surface area contributed by atoms with Gasteiger partial charge >= 0.3 is 5.97 Å². The summed E-state index contributed by atoms with van der Waals surface area (Å²) in [6.07, 6.45) is 4.69. The first kappa shape index (κ1) is 28.5. The lowest BCUT2D eigenvalue weighted by atomic mass is 9.97. The molecule has 0 saturated carbocycles. The van der Waals surface area contributed by atoms with Gasteiger partial charge in [-0.1, -0.05) is 66.7 Å². The van der Waals surface area contributed by atoms with Crippen LogP contribution in [0.5, 0.6) is 11.6 Å². The number of hydrogen-bond donors (Lipinski definition) is 0. The van der Waals surface area contributed by atoms with Gasteiger partial charge < -0.3 is 23.7 Å². The Morgan fingerprint density at radius 1 is 0.860 bits per heavy atom. The third-order valence-corrected chi connectivity index (χ3v) is 8.01. The maximum atomic E-state index is 13.4. The van der Waals surface area contributed by atoms with Crippen LogP contribution in [0, 0.1) is 0 Å². The van der Waals surface area contributed by atoms with Crippen molar-refractivity contribution in [1.29, 1.82) is 0 Å². The molecular formula is C36H37N3O4. The number of methoxy groups -OCH3 is 1. The molecule has 7 nitrogen and oxygen atoms in total. The zero-order chi connectivity index (χ0) is 29.8. The lowest BCUT2D eigenvalue weighted by Crippen LogP contribution is -2.17. The van der Waals surface area contributed by atoms with E-state index in [1.54, 1.807) is 0 Å². The largest absolute Gasteiger partial charge is 0.487 e. The Hall–Kier alpha value is -4.62. The predicted molar refractivity (Wildman–Crippen MR) is 169 cm³/mol. The molecule has 1 aliphatic carbocycles. The van der Waals surface area contributed by atoms with E-state index in [1.807, 2.05) is 60.7 Å². The Morgan fingerprint density at radius 3 is 2.21 bits per heavy atom. The summed E-state index contributed by atoms with van der Waals surface area (Å²) in [6, 6.07) is 26.4. The molecule has 1 aliphatic rings. The minimum Gasteiger partial charge on any atom is -0.487 e. The van der Waals surface area contributed by atoms with E-state index < -0.39 is 5.97 Å². The minimum atomic E-state index is -0.528. The molecule has 43 heavy (non-hydrogen) atoms. The number of esters is 1. The van der Waals surface area contributed by atoms with Crippen LogP contribution in [-0.2, 0) is 37.3 Å². The number of likely N-dealkylation sites (N-methyl/N-ethyl adjacent to an activating group) is 1. The van der Waals surface area contributed by atoms with Gasteiger partial charge in [0.25, 0.3) is 0 Å². The van der Waals surface area contributed by atoms with Gasteiger partial charge in [0.1, 0.15) is 19.0 Å². The highest BCUT2D eigenvalue weighted by atomic mass is 16.5. The fourth-order valence-corrected chi connectivity index (χ4v) is 5.81. The highest BCUT2D eigenvalue weighted by Gasteiger charge is 2.31. The molecule has 0 amide bonds. The highest BCUT2D eigenvalue weighted by molar-refractivity contribution is 5.98. The number of carbonyl (C=O) groups is 1. The minimum absolute atomic E-state index is 0.217. The summed E-state index contributed by atoms with van der Waals surface area (Å²) in [5.74, 6) is 0.175. The molecule has 2 aromatic heterocycles. The van der Waals surface area contributed by atoms with Crippen LogP contribution in [0.1, 0.15) is 39.0 Å². The van der Waals surface area contributed by atoms with E-state index in [9.17, 15) is 4.79 Å².